The van der Waals surface area contributed by atoms with Gasteiger partial charge >= 0.3 is 0 Å². The lowest BCUT2D eigenvalue weighted by Gasteiger charge is -2.30. The van der Waals surface area contributed by atoms with Gasteiger partial charge in [-0.1, -0.05) is 30.7 Å². The summed E-state index contributed by atoms with van der Waals surface area (Å²) < 4.78 is 5.41. The first-order chi connectivity index (χ1) is 9.36. The molecule has 0 spiro atoms. The minimum Gasteiger partial charge on any atom is -0.382 e. The first kappa shape index (κ1) is 14.5. The lowest BCUT2D eigenvalue weighted by Crippen LogP contribution is -2.29. The molecule has 1 aromatic carbocycles. The molecule has 1 aliphatic carbocycles. The maximum absolute atomic E-state index is 5.76. The monoisotopic (exact) mass is 262 g/mol. The van der Waals surface area contributed by atoms with E-state index in [0.717, 1.165) is 32.0 Å². The molecule has 19 heavy (non-hydrogen) atoms. The Balaban J connectivity index is 2.00. The van der Waals surface area contributed by atoms with E-state index < -0.39 is 0 Å². The van der Waals surface area contributed by atoms with E-state index in [0.29, 0.717) is 0 Å². The van der Waals surface area contributed by atoms with Crippen LogP contribution in [-0.2, 0) is 4.74 Å². The number of benzene rings is 1. The predicted octanol–water partition coefficient (Wildman–Crippen LogP) is 3.28. The number of nitrogens with one attached hydrogen (secondary N) is 1. The Bertz CT molecular complexity index is 377. The molecule has 0 radical (unpaired) electrons. The average molecular weight is 262 g/mol. The number of hydrogen-bond donors (Lipinski definition) is 2. The van der Waals surface area contributed by atoms with Crippen LogP contribution in [0.25, 0.3) is 0 Å². The van der Waals surface area contributed by atoms with Crippen LogP contribution in [0.4, 0.5) is 0 Å². The third-order valence-corrected chi connectivity index (χ3v) is 4.10. The summed E-state index contributed by atoms with van der Waals surface area (Å²) in [4.78, 5) is 0. The maximum atomic E-state index is 5.76. The zero-order valence-electron chi connectivity index (χ0n) is 11.9. The molecule has 3 heteroatoms. The Morgan fingerprint density at radius 1 is 1.37 bits per heavy atom. The van der Waals surface area contributed by atoms with Crippen LogP contribution in [-0.4, -0.2) is 13.2 Å². The zero-order chi connectivity index (χ0) is 13.5. The highest BCUT2D eigenvalue weighted by molar-refractivity contribution is 5.34. The minimum absolute atomic E-state index is 0.247. The van der Waals surface area contributed by atoms with Gasteiger partial charge in [-0.05, 0) is 49.7 Å². The van der Waals surface area contributed by atoms with Gasteiger partial charge in [-0.2, -0.15) is 0 Å². The van der Waals surface area contributed by atoms with E-state index in [2.05, 4.69) is 29.7 Å². The highest BCUT2D eigenvalue weighted by Gasteiger charge is 2.24. The largest absolute Gasteiger partial charge is 0.382 e. The molecule has 0 amide bonds. The number of rotatable bonds is 8. The lowest BCUT2D eigenvalue weighted by molar-refractivity contribution is 0.140. The number of hydrazine groups is 1. The molecule has 0 heterocycles. The van der Waals surface area contributed by atoms with Crippen LogP contribution in [0.15, 0.2) is 24.3 Å². The summed E-state index contributed by atoms with van der Waals surface area (Å²) in [5.41, 5.74) is 5.86. The molecule has 1 unspecified atom stereocenters. The number of hydrogen-bond acceptors (Lipinski definition) is 3. The van der Waals surface area contributed by atoms with Crippen LogP contribution in [0.2, 0.25) is 0 Å². The molecule has 3 nitrogen and oxygen atoms in total. The van der Waals surface area contributed by atoms with Gasteiger partial charge in [0.1, 0.15) is 0 Å². The topological polar surface area (TPSA) is 47.3 Å². The summed E-state index contributed by atoms with van der Waals surface area (Å²) in [7, 11) is 0. The van der Waals surface area contributed by atoms with Gasteiger partial charge < -0.3 is 4.74 Å². The summed E-state index contributed by atoms with van der Waals surface area (Å²) in [6.45, 7) is 3.64. The van der Waals surface area contributed by atoms with Crippen molar-refractivity contribution in [2.45, 2.75) is 51.0 Å². The van der Waals surface area contributed by atoms with Crippen LogP contribution in [0.3, 0.4) is 0 Å². The Morgan fingerprint density at radius 2 is 2.16 bits per heavy atom. The SMILES string of the molecule is CCOCCCC(NN)c1ccccc1C1CCC1. The van der Waals surface area contributed by atoms with Crippen LogP contribution in [0.5, 0.6) is 0 Å². The van der Waals surface area contributed by atoms with Crippen molar-refractivity contribution in [1.29, 1.82) is 0 Å². The molecule has 0 aromatic heterocycles. The van der Waals surface area contributed by atoms with Crippen molar-refractivity contribution in [3.8, 4) is 0 Å². The van der Waals surface area contributed by atoms with Crippen LogP contribution in [0.1, 0.15) is 62.1 Å². The molecule has 1 atom stereocenters. The van der Waals surface area contributed by atoms with E-state index in [1.54, 1.807) is 0 Å². The van der Waals surface area contributed by atoms with E-state index in [-0.39, 0.29) is 6.04 Å². The normalized spacial score (nSPS) is 17.2. The first-order valence-electron chi connectivity index (χ1n) is 7.49. The van der Waals surface area contributed by atoms with Crippen LogP contribution >= 0.6 is 0 Å². The molecule has 3 N–H and O–H groups in total. The van der Waals surface area contributed by atoms with Gasteiger partial charge in [0.2, 0.25) is 0 Å². The van der Waals surface area contributed by atoms with Crippen molar-refractivity contribution < 1.29 is 4.74 Å². The van der Waals surface area contributed by atoms with Gasteiger partial charge in [-0.25, -0.2) is 0 Å². The molecule has 1 saturated carbocycles. The Labute approximate surface area is 116 Å². The van der Waals surface area contributed by atoms with Gasteiger partial charge in [0.15, 0.2) is 0 Å². The molecule has 106 valence electrons. The average Bonchev–Trinajstić information content (AvgIpc) is 2.38. The standard InChI is InChI=1S/C16H26N2O/c1-2-19-12-6-11-16(18-17)15-10-4-3-9-14(15)13-7-5-8-13/h3-4,9-10,13,16,18H,2,5-8,11-12,17H2,1H3. The van der Waals surface area contributed by atoms with Crippen molar-refractivity contribution >= 4 is 0 Å². The van der Waals surface area contributed by atoms with Gasteiger partial charge in [-0.3, -0.25) is 11.3 Å². The lowest BCUT2D eigenvalue weighted by atomic mass is 9.77. The molecule has 0 aliphatic heterocycles. The van der Waals surface area contributed by atoms with Gasteiger partial charge in [-0.15, -0.1) is 0 Å². The van der Waals surface area contributed by atoms with Crippen LogP contribution in [0, 0.1) is 0 Å². The summed E-state index contributed by atoms with van der Waals surface area (Å²) in [6.07, 6.45) is 6.09. The predicted molar refractivity (Wildman–Crippen MR) is 78.8 cm³/mol. The third kappa shape index (κ3) is 3.78. The summed E-state index contributed by atoms with van der Waals surface area (Å²) >= 11 is 0. The highest BCUT2D eigenvalue weighted by atomic mass is 16.5. The molecule has 1 fully saturated rings. The molecule has 0 saturated heterocycles. The highest BCUT2D eigenvalue weighted by Crippen LogP contribution is 2.39. The Morgan fingerprint density at radius 3 is 2.79 bits per heavy atom. The van der Waals surface area contributed by atoms with E-state index in [1.165, 1.54) is 30.4 Å². The van der Waals surface area contributed by atoms with Crippen LogP contribution < -0.4 is 11.3 Å². The molecule has 0 bridgehead atoms. The van der Waals surface area contributed by atoms with E-state index in [9.17, 15) is 0 Å². The van der Waals surface area contributed by atoms with Crippen molar-refractivity contribution in [2.24, 2.45) is 5.84 Å². The number of ether oxygens (including phenoxy) is 1. The van der Waals surface area contributed by atoms with Crippen molar-refractivity contribution in [3.05, 3.63) is 35.4 Å². The maximum Gasteiger partial charge on any atom is 0.0466 e. The minimum atomic E-state index is 0.247. The molecular formula is C16H26N2O. The molecule has 2 rings (SSSR count). The number of nitrogens with two attached hydrogens (primary N) is 1. The second-order valence-electron chi connectivity index (χ2n) is 5.32. The zero-order valence-corrected chi connectivity index (χ0v) is 11.9. The summed E-state index contributed by atoms with van der Waals surface area (Å²) in [5.74, 6) is 6.51. The summed E-state index contributed by atoms with van der Waals surface area (Å²) in [5, 5.41) is 0. The van der Waals surface area contributed by atoms with E-state index in [4.69, 9.17) is 10.6 Å². The van der Waals surface area contributed by atoms with E-state index in [1.807, 2.05) is 6.92 Å². The second kappa shape index (κ2) is 7.63. The summed E-state index contributed by atoms with van der Waals surface area (Å²) in [6, 6.07) is 9.00. The van der Waals surface area contributed by atoms with Gasteiger partial charge in [0.05, 0.1) is 0 Å². The molecule has 1 aliphatic rings. The Kier molecular flexibility index (Phi) is 5.83. The fraction of sp³-hybridized carbons (Fsp3) is 0.625. The van der Waals surface area contributed by atoms with Gasteiger partial charge in [0, 0.05) is 19.3 Å². The van der Waals surface area contributed by atoms with E-state index >= 15 is 0 Å². The second-order valence-corrected chi connectivity index (χ2v) is 5.32. The smallest absolute Gasteiger partial charge is 0.0466 e. The third-order valence-electron chi connectivity index (χ3n) is 4.10. The van der Waals surface area contributed by atoms with Crippen molar-refractivity contribution in [1.82, 2.24) is 5.43 Å². The van der Waals surface area contributed by atoms with Crippen molar-refractivity contribution in [3.63, 3.8) is 0 Å². The molecular weight excluding hydrogens is 236 g/mol. The van der Waals surface area contributed by atoms with Crippen molar-refractivity contribution in [2.75, 3.05) is 13.2 Å². The fourth-order valence-electron chi connectivity index (χ4n) is 2.78. The fourth-order valence-corrected chi connectivity index (χ4v) is 2.78. The Hall–Kier alpha value is -0.900. The van der Waals surface area contributed by atoms with Gasteiger partial charge in [0.25, 0.3) is 0 Å². The quantitative estimate of drug-likeness (QED) is 0.429. The first-order valence-corrected chi connectivity index (χ1v) is 7.49. The molecule has 1 aromatic rings.